The van der Waals surface area contributed by atoms with Crippen molar-refractivity contribution in [2.24, 2.45) is 0 Å². The Morgan fingerprint density at radius 3 is 2.19 bits per heavy atom. The van der Waals surface area contributed by atoms with Crippen molar-refractivity contribution in [3.8, 4) is 0 Å². The fourth-order valence-corrected chi connectivity index (χ4v) is 1.57. The first-order valence-electron chi connectivity index (χ1n) is 5.83. The first-order chi connectivity index (χ1) is 7.61. The maximum absolute atomic E-state index is 5.67. The van der Waals surface area contributed by atoms with Crippen molar-refractivity contribution in [3.63, 3.8) is 0 Å². The molecule has 1 rings (SSSR count). The largest absolute Gasteiger partial charge is 0.399 e. The molecule has 3 nitrogen and oxygen atoms in total. The topological polar surface area (TPSA) is 32.5 Å². The second-order valence-electron chi connectivity index (χ2n) is 4.41. The minimum Gasteiger partial charge on any atom is -0.399 e. The predicted molar refractivity (Wildman–Crippen MR) is 70.4 cm³/mol. The lowest BCUT2D eigenvalue weighted by atomic mass is 10.2. The normalized spacial score (nSPS) is 11.3. The molecule has 0 saturated heterocycles. The van der Waals surface area contributed by atoms with Gasteiger partial charge in [-0.05, 0) is 38.3 Å². The molecule has 0 bridgehead atoms. The number of benzene rings is 1. The lowest BCUT2D eigenvalue weighted by Gasteiger charge is -2.22. The zero-order chi connectivity index (χ0) is 12.0. The summed E-state index contributed by atoms with van der Waals surface area (Å²) in [6.45, 7) is 6.49. The average molecular weight is 221 g/mol. The molecule has 90 valence electrons. The molecular formula is C13H23N3. The molecule has 1 aromatic carbocycles. The van der Waals surface area contributed by atoms with Crippen molar-refractivity contribution in [3.05, 3.63) is 29.8 Å². The van der Waals surface area contributed by atoms with Crippen LogP contribution in [-0.4, -0.2) is 43.5 Å². The maximum Gasteiger partial charge on any atom is 0.0314 e. The number of hydrogen-bond donors (Lipinski definition) is 1. The van der Waals surface area contributed by atoms with Crippen LogP contribution in [0.2, 0.25) is 0 Å². The van der Waals surface area contributed by atoms with Crippen LogP contribution in [0.5, 0.6) is 0 Å². The number of nitrogens with zero attached hydrogens (tertiary/aromatic N) is 2. The fourth-order valence-electron chi connectivity index (χ4n) is 1.57. The Balaban J connectivity index is 2.46. The van der Waals surface area contributed by atoms with E-state index in [4.69, 9.17) is 5.73 Å². The molecule has 3 heteroatoms. The minimum absolute atomic E-state index is 0.833. The van der Waals surface area contributed by atoms with Crippen molar-refractivity contribution >= 4 is 5.69 Å². The molecule has 0 aromatic heterocycles. The number of hydrogen-bond acceptors (Lipinski definition) is 3. The van der Waals surface area contributed by atoms with Gasteiger partial charge in [0, 0.05) is 25.3 Å². The molecule has 0 amide bonds. The summed E-state index contributed by atoms with van der Waals surface area (Å²) in [5.41, 5.74) is 7.83. The van der Waals surface area contributed by atoms with Gasteiger partial charge in [0.1, 0.15) is 0 Å². The Bertz CT molecular complexity index is 293. The van der Waals surface area contributed by atoms with E-state index < -0.39 is 0 Å². The van der Waals surface area contributed by atoms with Gasteiger partial charge < -0.3 is 10.6 Å². The number of likely N-dealkylation sites (N-methyl/N-ethyl adjacent to an activating group) is 2. The van der Waals surface area contributed by atoms with E-state index in [1.807, 2.05) is 12.1 Å². The van der Waals surface area contributed by atoms with Crippen LogP contribution in [0.1, 0.15) is 12.5 Å². The van der Waals surface area contributed by atoms with Crippen molar-refractivity contribution in [2.45, 2.75) is 13.5 Å². The van der Waals surface area contributed by atoms with Crippen molar-refractivity contribution in [2.75, 3.05) is 39.5 Å². The quantitative estimate of drug-likeness (QED) is 0.741. The summed E-state index contributed by atoms with van der Waals surface area (Å²) >= 11 is 0. The van der Waals surface area contributed by atoms with Crippen LogP contribution >= 0.6 is 0 Å². The average Bonchev–Trinajstić information content (AvgIpc) is 2.26. The molecule has 0 spiro atoms. The second-order valence-corrected chi connectivity index (χ2v) is 4.41. The van der Waals surface area contributed by atoms with Crippen molar-refractivity contribution in [1.29, 1.82) is 0 Å². The van der Waals surface area contributed by atoms with Crippen LogP contribution in [0, 0.1) is 0 Å². The van der Waals surface area contributed by atoms with Crippen LogP contribution in [0.15, 0.2) is 24.3 Å². The number of anilines is 1. The summed E-state index contributed by atoms with van der Waals surface area (Å²) in [4.78, 5) is 4.65. The van der Waals surface area contributed by atoms with Crippen LogP contribution in [-0.2, 0) is 6.54 Å². The van der Waals surface area contributed by atoms with E-state index >= 15 is 0 Å². The Kier molecular flexibility index (Phi) is 5.29. The maximum atomic E-state index is 5.67. The van der Waals surface area contributed by atoms with Crippen LogP contribution in [0.25, 0.3) is 0 Å². The summed E-state index contributed by atoms with van der Waals surface area (Å²) in [7, 11) is 4.22. The zero-order valence-electron chi connectivity index (χ0n) is 10.6. The van der Waals surface area contributed by atoms with Crippen molar-refractivity contribution in [1.82, 2.24) is 9.80 Å². The molecule has 16 heavy (non-hydrogen) atoms. The smallest absolute Gasteiger partial charge is 0.0314 e. The third-order valence-electron chi connectivity index (χ3n) is 2.70. The lowest BCUT2D eigenvalue weighted by molar-refractivity contribution is 0.244. The highest BCUT2D eigenvalue weighted by atomic mass is 15.2. The summed E-state index contributed by atoms with van der Waals surface area (Å²) in [6, 6.07) is 8.14. The highest BCUT2D eigenvalue weighted by Gasteiger charge is 2.03. The van der Waals surface area contributed by atoms with Gasteiger partial charge in [-0.15, -0.1) is 0 Å². The number of rotatable bonds is 6. The first kappa shape index (κ1) is 13.0. The van der Waals surface area contributed by atoms with E-state index in [2.05, 4.69) is 43.0 Å². The second kappa shape index (κ2) is 6.51. The molecule has 0 aliphatic carbocycles. The van der Waals surface area contributed by atoms with E-state index in [-0.39, 0.29) is 0 Å². The van der Waals surface area contributed by atoms with Crippen LogP contribution in [0.4, 0.5) is 5.69 Å². The Morgan fingerprint density at radius 1 is 1.06 bits per heavy atom. The Morgan fingerprint density at radius 2 is 1.69 bits per heavy atom. The van der Waals surface area contributed by atoms with Gasteiger partial charge in [0.05, 0.1) is 0 Å². The third kappa shape index (κ3) is 4.64. The van der Waals surface area contributed by atoms with Gasteiger partial charge in [0.2, 0.25) is 0 Å². The standard InChI is InChI=1S/C13H23N3/c1-4-16(10-9-15(2)3)11-12-5-7-13(14)8-6-12/h5-8H,4,9-11,14H2,1-3H3. The Hall–Kier alpha value is -1.06. The van der Waals surface area contributed by atoms with Gasteiger partial charge in [0.25, 0.3) is 0 Å². The highest BCUT2D eigenvalue weighted by molar-refractivity contribution is 5.39. The molecule has 0 aliphatic heterocycles. The molecule has 0 aliphatic rings. The summed E-state index contributed by atoms with van der Waals surface area (Å²) in [6.07, 6.45) is 0. The van der Waals surface area contributed by atoms with E-state index in [9.17, 15) is 0 Å². The molecule has 0 radical (unpaired) electrons. The Labute approximate surface area is 98.8 Å². The van der Waals surface area contributed by atoms with Gasteiger partial charge in [-0.2, -0.15) is 0 Å². The fraction of sp³-hybridized carbons (Fsp3) is 0.538. The van der Waals surface area contributed by atoms with E-state index in [1.165, 1.54) is 5.56 Å². The van der Waals surface area contributed by atoms with Gasteiger partial charge in [0.15, 0.2) is 0 Å². The number of nitrogen functional groups attached to an aromatic ring is 1. The molecule has 0 saturated carbocycles. The van der Waals surface area contributed by atoms with Gasteiger partial charge >= 0.3 is 0 Å². The number of nitrogens with two attached hydrogens (primary N) is 1. The monoisotopic (exact) mass is 221 g/mol. The molecule has 0 atom stereocenters. The van der Waals surface area contributed by atoms with E-state index in [1.54, 1.807) is 0 Å². The molecule has 1 aromatic rings. The third-order valence-corrected chi connectivity index (χ3v) is 2.70. The van der Waals surface area contributed by atoms with E-state index in [0.29, 0.717) is 0 Å². The van der Waals surface area contributed by atoms with Gasteiger partial charge in [-0.3, -0.25) is 4.90 Å². The summed E-state index contributed by atoms with van der Waals surface area (Å²) in [5, 5.41) is 0. The molecule has 0 heterocycles. The lowest BCUT2D eigenvalue weighted by Crippen LogP contribution is -2.31. The molecule has 0 fully saturated rings. The first-order valence-corrected chi connectivity index (χ1v) is 5.83. The van der Waals surface area contributed by atoms with Crippen LogP contribution in [0.3, 0.4) is 0 Å². The van der Waals surface area contributed by atoms with Gasteiger partial charge in [-0.25, -0.2) is 0 Å². The zero-order valence-corrected chi connectivity index (χ0v) is 10.6. The molecule has 2 N–H and O–H groups in total. The van der Waals surface area contributed by atoms with Gasteiger partial charge in [-0.1, -0.05) is 19.1 Å². The summed E-state index contributed by atoms with van der Waals surface area (Å²) in [5.74, 6) is 0. The molecular weight excluding hydrogens is 198 g/mol. The predicted octanol–water partition coefficient (Wildman–Crippen LogP) is 1.65. The highest BCUT2D eigenvalue weighted by Crippen LogP contribution is 2.08. The van der Waals surface area contributed by atoms with Crippen LogP contribution < -0.4 is 5.73 Å². The summed E-state index contributed by atoms with van der Waals surface area (Å²) < 4.78 is 0. The molecule has 0 unspecified atom stereocenters. The van der Waals surface area contributed by atoms with E-state index in [0.717, 1.165) is 31.9 Å². The minimum atomic E-state index is 0.833. The van der Waals surface area contributed by atoms with Crippen molar-refractivity contribution < 1.29 is 0 Å². The SMILES string of the molecule is CCN(CCN(C)C)Cc1ccc(N)cc1.